The zero-order valence-corrected chi connectivity index (χ0v) is 32.8. The standard InChI is InChI=1S/C41H50F2N8O3S/c1-23(27-7-9-28(10-8-27)37-25(3)45-22-55-37)46-24(2)34-19-30(52)21-51(34)40(54)38(41(4,5)6)47-36(53)17-26-13-15-50(16-14-26)35-20-33(48-49-39(35)44)31-18-29(42)11-12-32(31)43/h7-12,18,20,22-23,26,30,34,38,46,52H,2,13-17,19,21H2,1,3-6H3,(H2,44,49)(H,47,53)/t23-,30+,34-,38+/m0/s1. The van der Waals surface area contributed by atoms with Gasteiger partial charge in [-0.05, 0) is 73.4 Å². The molecule has 0 unspecified atom stereocenters. The summed E-state index contributed by atoms with van der Waals surface area (Å²) < 4.78 is 28.3. The zero-order valence-electron chi connectivity index (χ0n) is 32.0. The Balaban J connectivity index is 1.06. The third-order valence-electron chi connectivity index (χ3n) is 10.6. The fraction of sp³-hybridized carbons (Fsp3) is 0.439. The Morgan fingerprint density at radius 3 is 2.44 bits per heavy atom. The summed E-state index contributed by atoms with van der Waals surface area (Å²) in [5, 5.41) is 25.3. The molecule has 0 saturated carbocycles. The maximum Gasteiger partial charge on any atom is 0.246 e. The van der Waals surface area contributed by atoms with Crippen molar-refractivity contribution in [3.8, 4) is 21.7 Å². The van der Waals surface area contributed by atoms with Gasteiger partial charge in [0.15, 0.2) is 5.82 Å². The lowest BCUT2D eigenvalue weighted by Crippen LogP contribution is -2.56. The zero-order chi connectivity index (χ0) is 39.6. The summed E-state index contributed by atoms with van der Waals surface area (Å²) in [4.78, 5) is 37.0. The highest BCUT2D eigenvalue weighted by atomic mass is 32.1. The summed E-state index contributed by atoms with van der Waals surface area (Å²) in [7, 11) is 0. The summed E-state index contributed by atoms with van der Waals surface area (Å²) >= 11 is 1.61. The largest absolute Gasteiger partial charge is 0.391 e. The first-order valence-corrected chi connectivity index (χ1v) is 19.5. The molecule has 292 valence electrons. The molecule has 2 amide bonds. The summed E-state index contributed by atoms with van der Waals surface area (Å²) in [6.07, 6.45) is 1.19. The van der Waals surface area contributed by atoms with E-state index < -0.39 is 35.2 Å². The van der Waals surface area contributed by atoms with Crippen molar-refractivity contribution in [1.82, 2.24) is 30.7 Å². The monoisotopic (exact) mass is 772 g/mol. The van der Waals surface area contributed by atoms with Gasteiger partial charge < -0.3 is 31.3 Å². The number of anilines is 2. The van der Waals surface area contributed by atoms with E-state index in [4.69, 9.17) is 5.73 Å². The molecule has 2 saturated heterocycles. The number of aryl methyl sites for hydroxylation is 1. The molecule has 11 nitrogen and oxygen atoms in total. The molecule has 0 spiro atoms. The number of carbonyl (C=O) groups is 2. The van der Waals surface area contributed by atoms with Crippen LogP contribution >= 0.6 is 11.3 Å². The number of likely N-dealkylation sites (tertiary alicyclic amines) is 1. The summed E-state index contributed by atoms with van der Waals surface area (Å²) in [6.45, 7) is 15.4. The van der Waals surface area contributed by atoms with Gasteiger partial charge in [-0.25, -0.2) is 13.8 Å². The Morgan fingerprint density at radius 1 is 1.07 bits per heavy atom. The number of β-amino-alcohol motifs (C(OH)–C–C–N with tert-alkyl or cyclic N) is 1. The van der Waals surface area contributed by atoms with Crippen LogP contribution in [-0.2, 0) is 9.59 Å². The Labute approximate surface area is 325 Å². The van der Waals surface area contributed by atoms with Gasteiger partial charge >= 0.3 is 0 Å². The van der Waals surface area contributed by atoms with Gasteiger partial charge in [-0.3, -0.25) is 9.59 Å². The molecule has 2 aliphatic rings. The van der Waals surface area contributed by atoms with E-state index in [9.17, 15) is 23.5 Å². The molecule has 6 rings (SSSR count). The van der Waals surface area contributed by atoms with E-state index in [0.717, 1.165) is 39.9 Å². The van der Waals surface area contributed by atoms with Gasteiger partial charge in [0.05, 0.1) is 39.6 Å². The number of aliphatic hydroxyl groups is 1. The number of nitrogens with zero attached hydrogens (tertiary/aromatic N) is 5. The molecule has 2 aromatic carbocycles. The second-order valence-corrected chi connectivity index (χ2v) is 16.7. The highest BCUT2D eigenvalue weighted by molar-refractivity contribution is 7.13. The molecule has 4 aromatic rings. The Bertz CT molecular complexity index is 2030. The van der Waals surface area contributed by atoms with Crippen LogP contribution in [0.5, 0.6) is 0 Å². The van der Waals surface area contributed by atoms with Crippen LogP contribution in [0.3, 0.4) is 0 Å². The molecule has 2 aliphatic heterocycles. The molecular weight excluding hydrogens is 723 g/mol. The highest BCUT2D eigenvalue weighted by Crippen LogP contribution is 2.34. The number of benzene rings is 2. The molecule has 4 atom stereocenters. The van der Waals surface area contributed by atoms with Gasteiger partial charge in [0.2, 0.25) is 11.8 Å². The van der Waals surface area contributed by atoms with Crippen LogP contribution in [0, 0.1) is 29.9 Å². The number of aromatic nitrogens is 3. The van der Waals surface area contributed by atoms with Crippen molar-refractivity contribution >= 4 is 34.7 Å². The van der Waals surface area contributed by atoms with Gasteiger partial charge in [-0.15, -0.1) is 21.5 Å². The molecule has 2 aromatic heterocycles. The van der Waals surface area contributed by atoms with Crippen LogP contribution in [0.2, 0.25) is 0 Å². The van der Waals surface area contributed by atoms with E-state index in [1.54, 1.807) is 22.3 Å². The lowest BCUT2D eigenvalue weighted by molar-refractivity contribution is -0.140. The second-order valence-electron chi connectivity index (χ2n) is 15.8. The summed E-state index contributed by atoms with van der Waals surface area (Å²) in [6, 6.07) is 11.7. The maximum atomic E-state index is 14.5. The van der Waals surface area contributed by atoms with Gasteiger partial charge in [0, 0.05) is 49.8 Å². The average Bonchev–Trinajstić information content (AvgIpc) is 3.76. The number of hydrogen-bond donors (Lipinski definition) is 4. The number of amides is 2. The molecule has 0 bridgehead atoms. The lowest BCUT2D eigenvalue weighted by Gasteiger charge is -2.37. The number of nitrogen functional groups attached to an aromatic ring is 1. The average molecular weight is 773 g/mol. The fourth-order valence-corrected chi connectivity index (χ4v) is 8.30. The molecule has 0 aliphatic carbocycles. The van der Waals surface area contributed by atoms with Crippen molar-refractivity contribution in [1.29, 1.82) is 0 Å². The van der Waals surface area contributed by atoms with Crippen molar-refractivity contribution in [3.05, 3.63) is 89.2 Å². The Kier molecular flexibility index (Phi) is 11.9. The SMILES string of the molecule is C=C(N[C@@H](C)c1ccc(-c2scnc2C)cc1)[C@@H]1C[C@@H](O)CN1C(=O)[C@@H](NC(=O)CC1CCN(c2cc(-c3cc(F)ccc3F)nnc2N)CC1)C(C)(C)C. The number of thiazole rings is 1. The minimum absolute atomic E-state index is 0.00249. The number of rotatable bonds is 11. The van der Waals surface area contributed by atoms with E-state index >= 15 is 0 Å². The van der Waals surface area contributed by atoms with Crippen molar-refractivity contribution in [2.45, 2.75) is 84.5 Å². The number of nitrogens with two attached hydrogens (primary N) is 1. The first-order valence-electron chi connectivity index (χ1n) is 18.7. The van der Waals surface area contributed by atoms with Crippen LogP contribution in [0.4, 0.5) is 20.3 Å². The van der Waals surface area contributed by atoms with Crippen molar-refractivity contribution in [2.75, 3.05) is 30.3 Å². The van der Waals surface area contributed by atoms with Crippen molar-refractivity contribution in [3.63, 3.8) is 0 Å². The van der Waals surface area contributed by atoms with Gasteiger partial charge in [-0.1, -0.05) is 51.6 Å². The van der Waals surface area contributed by atoms with Gasteiger partial charge in [0.25, 0.3) is 0 Å². The topological polar surface area (TPSA) is 150 Å². The van der Waals surface area contributed by atoms with Crippen LogP contribution in [0.15, 0.2) is 66.3 Å². The van der Waals surface area contributed by atoms with Crippen LogP contribution in [-0.4, -0.2) is 74.8 Å². The minimum atomic E-state index is -0.829. The second kappa shape index (κ2) is 16.4. The lowest BCUT2D eigenvalue weighted by atomic mass is 9.85. The third kappa shape index (κ3) is 9.13. The smallest absolute Gasteiger partial charge is 0.246 e. The normalized spacial score (nSPS) is 18.9. The quantitative estimate of drug-likeness (QED) is 0.136. The molecule has 5 N–H and O–H groups in total. The Morgan fingerprint density at radius 2 is 1.78 bits per heavy atom. The third-order valence-corrected chi connectivity index (χ3v) is 11.6. The number of piperidine rings is 1. The summed E-state index contributed by atoms with van der Waals surface area (Å²) in [5.41, 5.74) is 11.9. The predicted octanol–water partition coefficient (Wildman–Crippen LogP) is 6.40. The van der Waals surface area contributed by atoms with E-state index in [0.29, 0.717) is 43.7 Å². The number of hydrogen-bond acceptors (Lipinski definition) is 10. The number of carbonyl (C=O) groups excluding carboxylic acids is 2. The molecule has 55 heavy (non-hydrogen) atoms. The molecule has 4 heterocycles. The number of aliphatic hydroxyl groups excluding tert-OH is 1. The first-order chi connectivity index (χ1) is 26.1. The molecule has 0 radical (unpaired) electrons. The first kappa shape index (κ1) is 39.7. The number of nitrogens with one attached hydrogen (secondary N) is 2. The van der Waals surface area contributed by atoms with Gasteiger partial charge in [0.1, 0.15) is 17.7 Å². The van der Waals surface area contributed by atoms with Gasteiger partial charge in [-0.2, -0.15) is 0 Å². The van der Waals surface area contributed by atoms with Crippen LogP contribution in [0.25, 0.3) is 21.7 Å². The minimum Gasteiger partial charge on any atom is -0.391 e. The maximum absolute atomic E-state index is 14.5. The molecular formula is C41H50F2N8O3S. The van der Waals surface area contributed by atoms with E-state index in [1.165, 1.54) is 0 Å². The predicted molar refractivity (Wildman–Crippen MR) is 212 cm³/mol. The summed E-state index contributed by atoms with van der Waals surface area (Å²) in [5.74, 6) is -1.45. The molecule has 14 heteroatoms. The number of halogens is 2. The van der Waals surface area contributed by atoms with E-state index in [2.05, 4.69) is 56.7 Å². The van der Waals surface area contributed by atoms with Crippen LogP contribution in [0.1, 0.15) is 70.7 Å². The van der Waals surface area contributed by atoms with E-state index in [1.807, 2.05) is 45.0 Å². The van der Waals surface area contributed by atoms with Crippen molar-refractivity contribution in [2.24, 2.45) is 11.3 Å². The Hall–Kier alpha value is -4.95. The van der Waals surface area contributed by atoms with E-state index in [-0.39, 0.29) is 53.8 Å². The van der Waals surface area contributed by atoms with Crippen LogP contribution < -0.4 is 21.3 Å². The molecule has 2 fully saturated rings. The van der Waals surface area contributed by atoms with Crippen molar-refractivity contribution < 1.29 is 23.5 Å². The fourth-order valence-electron chi connectivity index (χ4n) is 7.49. The highest BCUT2D eigenvalue weighted by Gasteiger charge is 2.43.